The quantitative estimate of drug-likeness (QED) is 0.0803. The highest BCUT2D eigenvalue weighted by molar-refractivity contribution is 7.16. The lowest BCUT2D eigenvalue weighted by molar-refractivity contribution is -0.134. The number of hydrogen-bond acceptors (Lipinski definition) is 7. The molecule has 1 saturated carbocycles. The van der Waals surface area contributed by atoms with Crippen LogP contribution < -0.4 is 4.87 Å². The molecule has 12 heteroatoms. The van der Waals surface area contributed by atoms with E-state index in [1.807, 2.05) is 95.9 Å². The smallest absolute Gasteiger partial charge is 0.410 e. The van der Waals surface area contributed by atoms with Gasteiger partial charge < -0.3 is 34.6 Å². The van der Waals surface area contributed by atoms with Gasteiger partial charge in [-0.3, -0.25) is 9.59 Å². The van der Waals surface area contributed by atoms with Crippen LogP contribution >= 0.6 is 11.3 Å². The summed E-state index contributed by atoms with van der Waals surface area (Å²) in [6.45, 7) is 1.10. The van der Waals surface area contributed by atoms with Crippen LogP contribution in [0.1, 0.15) is 73.1 Å². The van der Waals surface area contributed by atoms with Gasteiger partial charge >= 0.3 is 17.1 Å². The SMILES string of the molecule is O=C(O)N(CCC(=O)N(CCN(CCc1ccc(O)c2[nH]c(=O)sc12)C(=O)OCc1ccccc1)C1CCCCCC1)CC(Cc1ccccc1)c1ccccc1. The van der Waals surface area contributed by atoms with E-state index in [2.05, 4.69) is 4.98 Å². The Morgan fingerprint density at radius 2 is 1.42 bits per heavy atom. The third-order valence-corrected chi connectivity index (χ3v) is 11.8. The van der Waals surface area contributed by atoms with E-state index in [-0.39, 0.29) is 74.2 Å². The number of carbonyl (C=O) groups is 3. The normalized spacial score (nSPS) is 13.8. The Bertz CT molecular complexity index is 2100. The number of benzene rings is 4. The molecule has 1 atom stereocenters. The number of nitrogens with zero attached hydrogens (tertiary/aromatic N) is 3. The fourth-order valence-electron chi connectivity index (χ4n) is 7.76. The Morgan fingerprint density at radius 3 is 2.09 bits per heavy atom. The van der Waals surface area contributed by atoms with E-state index in [1.54, 1.807) is 11.0 Å². The fraction of sp³-hybridized carbons (Fsp3) is 0.378. The number of carbonyl (C=O) groups excluding carboxylic acids is 2. The molecule has 0 saturated heterocycles. The molecule has 1 aliphatic rings. The minimum Gasteiger partial charge on any atom is -0.506 e. The van der Waals surface area contributed by atoms with Crippen molar-refractivity contribution in [3.05, 3.63) is 135 Å². The minimum atomic E-state index is -1.07. The summed E-state index contributed by atoms with van der Waals surface area (Å²) in [5, 5.41) is 20.7. The largest absolute Gasteiger partial charge is 0.506 e. The number of phenols is 1. The Hall–Kier alpha value is -5.62. The van der Waals surface area contributed by atoms with Gasteiger partial charge in [0.1, 0.15) is 17.9 Å². The Balaban J connectivity index is 1.18. The molecule has 11 nitrogen and oxygen atoms in total. The third kappa shape index (κ3) is 11.7. The zero-order valence-corrected chi connectivity index (χ0v) is 33.1. The molecule has 6 rings (SSSR count). The van der Waals surface area contributed by atoms with Crippen LogP contribution in [0.3, 0.4) is 0 Å². The summed E-state index contributed by atoms with van der Waals surface area (Å²) in [6, 6.07) is 32.6. The van der Waals surface area contributed by atoms with Gasteiger partial charge in [0.25, 0.3) is 0 Å². The Labute approximate surface area is 337 Å². The summed E-state index contributed by atoms with van der Waals surface area (Å²) < 4.78 is 6.42. The number of aromatic amines is 1. The van der Waals surface area contributed by atoms with Crippen molar-refractivity contribution in [3.63, 3.8) is 0 Å². The van der Waals surface area contributed by atoms with Crippen molar-refractivity contribution in [3.8, 4) is 5.75 Å². The Morgan fingerprint density at radius 1 is 0.772 bits per heavy atom. The molecule has 1 heterocycles. The van der Waals surface area contributed by atoms with E-state index < -0.39 is 12.2 Å². The van der Waals surface area contributed by atoms with Gasteiger partial charge in [0.2, 0.25) is 5.91 Å². The predicted molar refractivity (Wildman–Crippen MR) is 223 cm³/mol. The first-order valence-corrected chi connectivity index (χ1v) is 20.7. The molecule has 1 aliphatic carbocycles. The number of ether oxygens (including phenoxy) is 1. The molecule has 0 radical (unpaired) electrons. The van der Waals surface area contributed by atoms with Crippen LogP contribution in [0, 0.1) is 0 Å². The highest BCUT2D eigenvalue weighted by atomic mass is 32.1. The maximum atomic E-state index is 14.3. The topological polar surface area (TPSA) is 143 Å². The van der Waals surface area contributed by atoms with E-state index in [4.69, 9.17) is 4.74 Å². The number of H-pyrrole nitrogens is 1. The highest BCUT2D eigenvalue weighted by Gasteiger charge is 2.28. The first kappa shape index (κ1) is 41.0. The number of fused-ring (bicyclic) bond motifs is 1. The number of hydrogen-bond donors (Lipinski definition) is 3. The maximum Gasteiger partial charge on any atom is 0.410 e. The van der Waals surface area contributed by atoms with Gasteiger partial charge in [0, 0.05) is 51.1 Å². The summed E-state index contributed by atoms with van der Waals surface area (Å²) in [4.78, 5) is 60.2. The van der Waals surface area contributed by atoms with E-state index in [0.717, 1.165) is 72.1 Å². The summed E-state index contributed by atoms with van der Waals surface area (Å²) in [6.07, 6.45) is 5.35. The van der Waals surface area contributed by atoms with Gasteiger partial charge in [0.05, 0.1) is 4.70 Å². The minimum absolute atomic E-state index is 0.0166. The first-order chi connectivity index (χ1) is 27.7. The third-order valence-electron chi connectivity index (χ3n) is 10.9. The molecule has 57 heavy (non-hydrogen) atoms. The van der Waals surface area contributed by atoms with Crippen LogP contribution in [0.2, 0.25) is 0 Å². The average Bonchev–Trinajstić information content (AvgIpc) is 3.44. The molecular formula is C45H52N4O7S. The van der Waals surface area contributed by atoms with Crippen LogP contribution in [0.15, 0.2) is 108 Å². The fourth-order valence-corrected chi connectivity index (χ4v) is 8.65. The molecule has 3 amide bonds. The van der Waals surface area contributed by atoms with Crippen molar-refractivity contribution in [2.45, 2.75) is 76.4 Å². The van der Waals surface area contributed by atoms with Crippen molar-refractivity contribution in [1.82, 2.24) is 19.7 Å². The van der Waals surface area contributed by atoms with Gasteiger partial charge in [-0.25, -0.2) is 9.59 Å². The molecule has 4 aromatic carbocycles. The molecule has 0 aliphatic heterocycles. The molecule has 1 unspecified atom stereocenters. The number of thiazole rings is 1. The van der Waals surface area contributed by atoms with E-state index >= 15 is 0 Å². The number of aromatic nitrogens is 1. The van der Waals surface area contributed by atoms with Crippen LogP contribution in [0.5, 0.6) is 5.75 Å². The number of aromatic hydroxyl groups is 1. The van der Waals surface area contributed by atoms with Crippen molar-refractivity contribution < 1.29 is 29.3 Å². The number of amides is 3. The predicted octanol–water partition coefficient (Wildman–Crippen LogP) is 8.42. The van der Waals surface area contributed by atoms with Gasteiger partial charge in [-0.2, -0.15) is 0 Å². The van der Waals surface area contributed by atoms with Crippen LogP contribution in [0.25, 0.3) is 10.2 Å². The molecule has 300 valence electrons. The summed E-state index contributed by atoms with van der Waals surface area (Å²) in [5.41, 5.74) is 4.17. The van der Waals surface area contributed by atoms with Gasteiger partial charge in [-0.1, -0.05) is 134 Å². The van der Waals surface area contributed by atoms with Gasteiger partial charge in [-0.05, 0) is 54.0 Å². The monoisotopic (exact) mass is 792 g/mol. The summed E-state index contributed by atoms with van der Waals surface area (Å²) in [5.74, 6) is -0.255. The molecule has 3 N–H and O–H groups in total. The van der Waals surface area contributed by atoms with Crippen LogP contribution in [-0.4, -0.2) is 86.8 Å². The molecule has 1 aromatic heterocycles. The molecule has 1 fully saturated rings. The lowest BCUT2D eigenvalue weighted by Crippen LogP contribution is -2.47. The summed E-state index contributed by atoms with van der Waals surface area (Å²) in [7, 11) is 0. The second kappa shape index (κ2) is 20.5. The zero-order valence-electron chi connectivity index (χ0n) is 32.3. The molecule has 5 aromatic rings. The maximum absolute atomic E-state index is 14.3. The standard InChI is InChI=1S/C45H52N4O7S/c50-39-23-22-36(42-41(39)46-43(52)57-42)24-26-47(45(55)56-32-34-16-8-4-9-17-34)28-29-49(38-20-12-1-2-13-21-38)40(51)25-27-48(44(53)54)31-37(35-18-10-5-11-19-35)30-33-14-6-3-7-15-33/h3-11,14-19,22-23,37-38,50H,1-2,12-13,20-21,24-32H2,(H,46,52)(H,53,54). The Kier molecular flexibility index (Phi) is 14.8. The molecule has 0 spiro atoms. The van der Waals surface area contributed by atoms with Gasteiger partial charge in [0.15, 0.2) is 0 Å². The van der Waals surface area contributed by atoms with Crippen molar-refractivity contribution in [1.29, 1.82) is 0 Å². The van der Waals surface area contributed by atoms with E-state index in [1.165, 1.54) is 11.0 Å². The number of rotatable bonds is 17. The lowest BCUT2D eigenvalue weighted by Gasteiger charge is -2.34. The van der Waals surface area contributed by atoms with Crippen molar-refractivity contribution in [2.75, 3.05) is 32.7 Å². The van der Waals surface area contributed by atoms with Crippen molar-refractivity contribution in [2.24, 2.45) is 0 Å². The van der Waals surface area contributed by atoms with Gasteiger partial charge in [-0.15, -0.1) is 0 Å². The highest BCUT2D eigenvalue weighted by Crippen LogP contribution is 2.29. The molecular weight excluding hydrogens is 741 g/mol. The van der Waals surface area contributed by atoms with Crippen LogP contribution in [-0.2, 0) is 29.0 Å². The second-order valence-corrected chi connectivity index (χ2v) is 15.7. The first-order valence-electron chi connectivity index (χ1n) is 19.9. The molecule has 0 bridgehead atoms. The lowest BCUT2D eigenvalue weighted by atomic mass is 9.91. The number of phenolic OH excluding ortho intramolecular Hbond substituents is 1. The van der Waals surface area contributed by atoms with Crippen LogP contribution in [0.4, 0.5) is 9.59 Å². The average molecular weight is 793 g/mol. The summed E-state index contributed by atoms with van der Waals surface area (Å²) >= 11 is 1.01. The second-order valence-electron chi connectivity index (χ2n) is 14.7. The van der Waals surface area contributed by atoms with E-state index in [0.29, 0.717) is 23.1 Å². The van der Waals surface area contributed by atoms with Crippen molar-refractivity contribution >= 4 is 39.6 Å². The number of nitrogens with one attached hydrogen (secondary N) is 1. The number of carboxylic acid groups (broad SMARTS) is 1. The van der Waals surface area contributed by atoms with E-state index in [9.17, 15) is 29.4 Å². The zero-order chi connectivity index (χ0) is 40.0.